The van der Waals surface area contributed by atoms with Crippen molar-refractivity contribution in [2.24, 2.45) is 0 Å². The van der Waals surface area contributed by atoms with E-state index in [1.54, 1.807) is 0 Å². The maximum atomic E-state index is 5.94. The summed E-state index contributed by atoms with van der Waals surface area (Å²) in [7, 11) is 2.07. The predicted molar refractivity (Wildman–Crippen MR) is 71.4 cm³/mol. The minimum absolute atomic E-state index is 0.767. The fraction of sp³-hybridized carbons (Fsp3) is 0.500. The number of hydrogen-bond acceptors (Lipinski definition) is 3. The molecule has 0 aliphatic heterocycles. The van der Waals surface area contributed by atoms with Gasteiger partial charge in [0.05, 0.1) is 6.61 Å². The van der Waals surface area contributed by atoms with Gasteiger partial charge in [-0.05, 0) is 31.7 Å². The largest absolute Gasteiger partial charge is 0.398 e. The lowest BCUT2D eigenvalue weighted by Crippen LogP contribution is -2.23. The van der Waals surface area contributed by atoms with Crippen LogP contribution in [0.5, 0.6) is 0 Å². The third-order valence-corrected chi connectivity index (χ3v) is 2.86. The number of nitrogens with zero attached hydrogens (tertiary/aromatic N) is 1. The van der Waals surface area contributed by atoms with E-state index in [-0.39, 0.29) is 0 Å². The molecule has 2 N–H and O–H groups in total. The van der Waals surface area contributed by atoms with Crippen molar-refractivity contribution in [1.29, 1.82) is 0 Å². The van der Waals surface area contributed by atoms with Crippen molar-refractivity contribution in [3.63, 3.8) is 0 Å². The molecule has 0 unspecified atom stereocenters. The van der Waals surface area contributed by atoms with Crippen LogP contribution in [0.3, 0.4) is 0 Å². The van der Waals surface area contributed by atoms with Crippen molar-refractivity contribution >= 4 is 21.6 Å². The second-order valence-electron chi connectivity index (χ2n) is 3.78. The third kappa shape index (κ3) is 4.51. The number of likely N-dealkylation sites (N-methyl/N-ethyl adjacent to an activating group) is 1. The molecule has 0 bridgehead atoms. The number of nitrogen functional groups attached to an aromatic ring is 1. The zero-order chi connectivity index (χ0) is 12.0. The molecule has 0 atom stereocenters. The van der Waals surface area contributed by atoms with Crippen molar-refractivity contribution in [2.45, 2.75) is 13.5 Å². The van der Waals surface area contributed by atoms with E-state index in [1.807, 2.05) is 19.1 Å². The summed E-state index contributed by atoms with van der Waals surface area (Å²) in [6.07, 6.45) is 0. The maximum Gasteiger partial charge on any atom is 0.0593 e. The number of ether oxygens (including phenoxy) is 1. The highest BCUT2D eigenvalue weighted by atomic mass is 79.9. The number of anilines is 1. The van der Waals surface area contributed by atoms with Gasteiger partial charge in [0.15, 0.2) is 0 Å². The van der Waals surface area contributed by atoms with E-state index in [2.05, 4.69) is 33.9 Å². The highest BCUT2D eigenvalue weighted by Crippen LogP contribution is 2.19. The first kappa shape index (κ1) is 13.5. The monoisotopic (exact) mass is 286 g/mol. The van der Waals surface area contributed by atoms with Gasteiger partial charge in [-0.15, -0.1) is 0 Å². The summed E-state index contributed by atoms with van der Waals surface area (Å²) in [5.74, 6) is 0. The molecule has 1 aromatic carbocycles. The lowest BCUT2D eigenvalue weighted by molar-refractivity contribution is 0.120. The van der Waals surface area contributed by atoms with E-state index in [1.165, 1.54) is 0 Å². The molecule has 0 amide bonds. The van der Waals surface area contributed by atoms with Crippen LogP contribution in [-0.2, 0) is 11.3 Å². The quantitative estimate of drug-likeness (QED) is 0.645. The van der Waals surface area contributed by atoms with Gasteiger partial charge in [-0.3, -0.25) is 4.90 Å². The fourth-order valence-corrected chi connectivity index (χ4v) is 1.82. The smallest absolute Gasteiger partial charge is 0.0593 e. The van der Waals surface area contributed by atoms with Crippen molar-refractivity contribution in [3.8, 4) is 0 Å². The van der Waals surface area contributed by atoms with Crippen LogP contribution in [0.2, 0.25) is 0 Å². The van der Waals surface area contributed by atoms with Crippen LogP contribution in [0.25, 0.3) is 0 Å². The predicted octanol–water partition coefficient (Wildman–Crippen LogP) is 2.50. The highest BCUT2D eigenvalue weighted by molar-refractivity contribution is 9.10. The summed E-state index contributed by atoms with van der Waals surface area (Å²) in [6, 6.07) is 6.00. The Bertz CT molecular complexity index is 331. The van der Waals surface area contributed by atoms with Crippen LogP contribution in [0.1, 0.15) is 12.5 Å². The molecule has 16 heavy (non-hydrogen) atoms. The summed E-state index contributed by atoms with van der Waals surface area (Å²) < 4.78 is 6.33. The second kappa shape index (κ2) is 6.89. The van der Waals surface area contributed by atoms with Gasteiger partial charge >= 0.3 is 0 Å². The van der Waals surface area contributed by atoms with Crippen LogP contribution in [0.15, 0.2) is 22.7 Å². The van der Waals surface area contributed by atoms with Crippen LogP contribution in [0.4, 0.5) is 5.69 Å². The van der Waals surface area contributed by atoms with Crippen molar-refractivity contribution < 1.29 is 4.74 Å². The molecule has 0 aliphatic carbocycles. The number of hydrogen-bond donors (Lipinski definition) is 1. The number of benzene rings is 1. The van der Waals surface area contributed by atoms with Gasteiger partial charge in [0.25, 0.3) is 0 Å². The molecular formula is C12H19BrN2O. The minimum atomic E-state index is 0.767. The normalized spacial score (nSPS) is 11.0. The Balaban J connectivity index is 2.46. The molecule has 0 saturated carbocycles. The lowest BCUT2D eigenvalue weighted by Gasteiger charge is -2.17. The van der Waals surface area contributed by atoms with E-state index in [9.17, 15) is 0 Å². The first-order chi connectivity index (χ1) is 7.63. The molecule has 4 heteroatoms. The molecular weight excluding hydrogens is 268 g/mol. The summed E-state index contributed by atoms with van der Waals surface area (Å²) in [5, 5.41) is 0. The fourth-order valence-electron chi connectivity index (χ4n) is 1.44. The van der Waals surface area contributed by atoms with Gasteiger partial charge in [0.1, 0.15) is 0 Å². The third-order valence-electron chi connectivity index (χ3n) is 2.37. The number of nitrogens with two attached hydrogens (primary N) is 1. The van der Waals surface area contributed by atoms with Crippen LogP contribution >= 0.6 is 15.9 Å². The summed E-state index contributed by atoms with van der Waals surface area (Å²) in [5.41, 5.74) is 7.92. The first-order valence-electron chi connectivity index (χ1n) is 5.43. The molecule has 90 valence electrons. The minimum Gasteiger partial charge on any atom is -0.398 e. The topological polar surface area (TPSA) is 38.5 Å². The Morgan fingerprint density at radius 3 is 2.81 bits per heavy atom. The highest BCUT2D eigenvalue weighted by Gasteiger charge is 2.04. The van der Waals surface area contributed by atoms with Crippen molar-refractivity contribution in [1.82, 2.24) is 4.90 Å². The molecule has 0 aliphatic rings. The zero-order valence-corrected chi connectivity index (χ0v) is 11.5. The SMILES string of the molecule is CCOCCN(C)Cc1ccc(Br)cc1N. The summed E-state index contributed by atoms with van der Waals surface area (Å²) in [6.45, 7) is 5.32. The number of rotatable bonds is 6. The average molecular weight is 287 g/mol. The average Bonchev–Trinajstić information content (AvgIpc) is 2.23. The molecule has 1 rings (SSSR count). The van der Waals surface area contributed by atoms with Crippen LogP contribution in [0, 0.1) is 0 Å². The van der Waals surface area contributed by atoms with Crippen molar-refractivity contribution in [3.05, 3.63) is 28.2 Å². The van der Waals surface area contributed by atoms with E-state index < -0.39 is 0 Å². The molecule has 0 spiro atoms. The molecule has 0 radical (unpaired) electrons. The van der Waals surface area contributed by atoms with E-state index >= 15 is 0 Å². The molecule has 0 aromatic heterocycles. The Morgan fingerprint density at radius 2 is 2.19 bits per heavy atom. The Labute approximate surface area is 106 Å². The van der Waals surface area contributed by atoms with E-state index in [0.29, 0.717) is 0 Å². The van der Waals surface area contributed by atoms with Crippen LogP contribution in [-0.4, -0.2) is 31.7 Å². The molecule has 3 nitrogen and oxygen atoms in total. The molecule has 0 heterocycles. The van der Waals surface area contributed by atoms with Gasteiger partial charge in [0.2, 0.25) is 0 Å². The maximum absolute atomic E-state index is 5.94. The molecule has 0 fully saturated rings. The molecule has 1 aromatic rings. The Hall–Kier alpha value is -0.580. The van der Waals surface area contributed by atoms with Gasteiger partial charge < -0.3 is 10.5 Å². The van der Waals surface area contributed by atoms with E-state index in [0.717, 1.165) is 42.0 Å². The summed E-state index contributed by atoms with van der Waals surface area (Å²) in [4.78, 5) is 2.20. The standard InChI is InChI=1S/C12H19BrN2O/c1-3-16-7-6-15(2)9-10-4-5-11(13)8-12(10)14/h4-5,8H,3,6-7,9,14H2,1-2H3. The van der Waals surface area contributed by atoms with Crippen molar-refractivity contribution in [2.75, 3.05) is 32.5 Å². The lowest BCUT2D eigenvalue weighted by atomic mass is 10.2. The first-order valence-corrected chi connectivity index (χ1v) is 6.23. The van der Waals surface area contributed by atoms with Crippen LogP contribution < -0.4 is 5.73 Å². The van der Waals surface area contributed by atoms with E-state index in [4.69, 9.17) is 10.5 Å². The second-order valence-corrected chi connectivity index (χ2v) is 4.69. The van der Waals surface area contributed by atoms with Gasteiger partial charge in [-0.25, -0.2) is 0 Å². The Kier molecular flexibility index (Phi) is 5.80. The Morgan fingerprint density at radius 1 is 1.44 bits per heavy atom. The van der Waals surface area contributed by atoms with Gasteiger partial charge in [-0.1, -0.05) is 22.0 Å². The summed E-state index contributed by atoms with van der Waals surface area (Å²) >= 11 is 3.40. The molecule has 0 saturated heterocycles. The van der Waals surface area contributed by atoms with Gasteiger partial charge in [0, 0.05) is 29.9 Å². The zero-order valence-electron chi connectivity index (χ0n) is 9.87. The van der Waals surface area contributed by atoms with Gasteiger partial charge in [-0.2, -0.15) is 0 Å². The number of halogens is 1.